The van der Waals surface area contributed by atoms with E-state index in [0.717, 1.165) is 4.88 Å². The molecule has 2 rings (SSSR count). The summed E-state index contributed by atoms with van der Waals surface area (Å²) in [4.78, 5) is 1.13. The topological polar surface area (TPSA) is 35.2 Å². The normalized spacial score (nSPS) is 12.4. The predicted octanol–water partition coefficient (Wildman–Crippen LogP) is 3.79. The van der Waals surface area contributed by atoms with E-state index < -0.39 is 0 Å². The van der Waals surface area contributed by atoms with Crippen LogP contribution in [0.3, 0.4) is 0 Å². The van der Waals surface area contributed by atoms with Gasteiger partial charge in [0, 0.05) is 16.5 Å². The number of benzene rings is 1. The summed E-state index contributed by atoms with van der Waals surface area (Å²) in [6.07, 6.45) is 0. The Kier molecular flexibility index (Phi) is 3.99. The number of hydrogen-bond acceptors (Lipinski definition) is 3. The Bertz CT molecular complexity index is 523. The standard InChI is InChI=1S/C14H16FNOS/c1-9-6-14(12(10(2)16)7-13(9)15)17-8-11-4-3-5-18-11/h3-7,10H,8,16H2,1-2H3/t10-/m0/s1. The molecule has 1 atom stereocenters. The fourth-order valence-electron chi connectivity index (χ4n) is 1.69. The Morgan fingerprint density at radius 2 is 2.22 bits per heavy atom. The second-order valence-corrected chi connectivity index (χ2v) is 5.33. The highest BCUT2D eigenvalue weighted by molar-refractivity contribution is 7.09. The molecule has 0 radical (unpaired) electrons. The first-order valence-corrected chi connectivity index (χ1v) is 6.66. The number of hydrogen-bond donors (Lipinski definition) is 1. The summed E-state index contributed by atoms with van der Waals surface area (Å²) in [5, 5.41) is 2.00. The Labute approximate surface area is 110 Å². The second kappa shape index (κ2) is 5.50. The minimum atomic E-state index is -0.251. The third-order valence-electron chi connectivity index (χ3n) is 2.73. The summed E-state index contributed by atoms with van der Waals surface area (Å²) in [5.41, 5.74) is 7.11. The summed E-state index contributed by atoms with van der Waals surface area (Å²) < 4.78 is 19.3. The average Bonchev–Trinajstić information content (AvgIpc) is 2.83. The zero-order valence-corrected chi connectivity index (χ0v) is 11.3. The van der Waals surface area contributed by atoms with Crippen LogP contribution in [0.15, 0.2) is 29.6 Å². The van der Waals surface area contributed by atoms with Crippen LogP contribution in [0, 0.1) is 12.7 Å². The van der Waals surface area contributed by atoms with E-state index in [0.29, 0.717) is 23.5 Å². The largest absolute Gasteiger partial charge is 0.488 e. The van der Waals surface area contributed by atoms with E-state index in [4.69, 9.17) is 10.5 Å². The van der Waals surface area contributed by atoms with Crippen LogP contribution >= 0.6 is 11.3 Å². The smallest absolute Gasteiger partial charge is 0.126 e. The van der Waals surface area contributed by atoms with E-state index >= 15 is 0 Å². The van der Waals surface area contributed by atoms with Gasteiger partial charge in [-0.15, -0.1) is 11.3 Å². The van der Waals surface area contributed by atoms with Crippen LogP contribution in [0.5, 0.6) is 5.75 Å². The van der Waals surface area contributed by atoms with Gasteiger partial charge in [-0.1, -0.05) is 6.07 Å². The molecule has 0 bridgehead atoms. The second-order valence-electron chi connectivity index (χ2n) is 4.30. The van der Waals surface area contributed by atoms with Crippen LogP contribution in [0.25, 0.3) is 0 Å². The Hall–Kier alpha value is -1.39. The van der Waals surface area contributed by atoms with E-state index in [1.165, 1.54) is 6.07 Å². The van der Waals surface area contributed by atoms with Crippen molar-refractivity contribution in [2.45, 2.75) is 26.5 Å². The number of aryl methyl sites for hydroxylation is 1. The van der Waals surface area contributed by atoms with Crippen LogP contribution < -0.4 is 10.5 Å². The zero-order valence-electron chi connectivity index (χ0n) is 10.4. The van der Waals surface area contributed by atoms with Gasteiger partial charge < -0.3 is 10.5 Å². The highest BCUT2D eigenvalue weighted by Gasteiger charge is 2.12. The van der Waals surface area contributed by atoms with Crippen molar-refractivity contribution in [2.75, 3.05) is 0 Å². The molecule has 0 amide bonds. The number of rotatable bonds is 4. The van der Waals surface area contributed by atoms with Crippen LogP contribution in [0.1, 0.15) is 29.0 Å². The number of ether oxygens (including phenoxy) is 1. The quantitative estimate of drug-likeness (QED) is 0.912. The highest BCUT2D eigenvalue weighted by atomic mass is 32.1. The van der Waals surface area contributed by atoms with Crippen molar-refractivity contribution in [1.29, 1.82) is 0 Å². The van der Waals surface area contributed by atoms with Crippen LogP contribution in [-0.2, 0) is 6.61 Å². The number of nitrogens with two attached hydrogens (primary N) is 1. The number of thiophene rings is 1. The third-order valence-corrected chi connectivity index (χ3v) is 3.58. The first-order chi connectivity index (χ1) is 8.58. The van der Waals surface area contributed by atoms with E-state index in [1.54, 1.807) is 24.3 Å². The molecular weight excluding hydrogens is 249 g/mol. The maximum atomic E-state index is 13.5. The third kappa shape index (κ3) is 2.89. The molecule has 0 aliphatic heterocycles. The molecule has 18 heavy (non-hydrogen) atoms. The molecule has 1 heterocycles. The molecule has 0 spiro atoms. The van der Waals surface area contributed by atoms with Gasteiger partial charge >= 0.3 is 0 Å². The molecule has 0 fully saturated rings. The van der Waals surface area contributed by atoms with Gasteiger partial charge in [0.15, 0.2) is 0 Å². The van der Waals surface area contributed by atoms with Crippen molar-refractivity contribution >= 4 is 11.3 Å². The van der Waals surface area contributed by atoms with Crippen LogP contribution in [-0.4, -0.2) is 0 Å². The lowest BCUT2D eigenvalue weighted by atomic mass is 10.1. The van der Waals surface area contributed by atoms with Crippen molar-refractivity contribution in [3.05, 3.63) is 51.5 Å². The van der Waals surface area contributed by atoms with E-state index in [2.05, 4.69) is 0 Å². The molecule has 0 saturated carbocycles. The summed E-state index contributed by atoms with van der Waals surface area (Å²) >= 11 is 1.63. The molecule has 2 nitrogen and oxygen atoms in total. The summed E-state index contributed by atoms with van der Waals surface area (Å²) in [5.74, 6) is 0.420. The lowest BCUT2D eigenvalue weighted by Crippen LogP contribution is -2.09. The monoisotopic (exact) mass is 265 g/mol. The van der Waals surface area contributed by atoms with Crippen LogP contribution in [0.4, 0.5) is 4.39 Å². The summed E-state index contributed by atoms with van der Waals surface area (Å²) in [6, 6.07) is 6.91. The van der Waals surface area contributed by atoms with Crippen molar-refractivity contribution in [2.24, 2.45) is 5.73 Å². The van der Waals surface area contributed by atoms with Gasteiger partial charge in [-0.2, -0.15) is 0 Å². The lowest BCUT2D eigenvalue weighted by Gasteiger charge is -2.15. The van der Waals surface area contributed by atoms with Crippen molar-refractivity contribution in [3.63, 3.8) is 0 Å². The molecule has 2 aromatic rings. The van der Waals surface area contributed by atoms with Crippen LogP contribution in [0.2, 0.25) is 0 Å². The molecule has 0 aliphatic carbocycles. The lowest BCUT2D eigenvalue weighted by molar-refractivity contribution is 0.304. The van der Waals surface area contributed by atoms with Gasteiger partial charge in [-0.3, -0.25) is 0 Å². The Morgan fingerprint density at radius 3 is 2.83 bits per heavy atom. The SMILES string of the molecule is Cc1cc(OCc2cccs2)c([C@H](C)N)cc1F. The Morgan fingerprint density at radius 1 is 1.44 bits per heavy atom. The fourth-order valence-corrected chi connectivity index (χ4v) is 2.31. The highest BCUT2D eigenvalue weighted by Crippen LogP contribution is 2.28. The van der Waals surface area contributed by atoms with E-state index in [9.17, 15) is 4.39 Å². The van der Waals surface area contributed by atoms with E-state index in [1.807, 2.05) is 24.4 Å². The molecule has 96 valence electrons. The van der Waals surface area contributed by atoms with E-state index in [-0.39, 0.29) is 11.9 Å². The molecule has 0 saturated heterocycles. The maximum Gasteiger partial charge on any atom is 0.126 e. The summed E-state index contributed by atoms with van der Waals surface area (Å²) in [7, 11) is 0. The minimum Gasteiger partial charge on any atom is -0.488 e. The van der Waals surface area contributed by atoms with Gasteiger partial charge in [0.25, 0.3) is 0 Å². The van der Waals surface area contributed by atoms with Gasteiger partial charge in [-0.25, -0.2) is 4.39 Å². The van der Waals surface area contributed by atoms with Crippen molar-refractivity contribution < 1.29 is 9.13 Å². The fraction of sp³-hybridized carbons (Fsp3) is 0.286. The molecule has 0 aliphatic rings. The summed E-state index contributed by atoms with van der Waals surface area (Å²) in [6.45, 7) is 4.03. The molecule has 1 aromatic heterocycles. The van der Waals surface area contributed by atoms with Gasteiger partial charge in [0.05, 0.1) is 0 Å². The van der Waals surface area contributed by atoms with Gasteiger partial charge in [0.1, 0.15) is 18.2 Å². The zero-order chi connectivity index (χ0) is 13.1. The molecular formula is C14H16FNOS. The van der Waals surface area contributed by atoms with Gasteiger partial charge in [-0.05, 0) is 43.0 Å². The van der Waals surface area contributed by atoms with Crippen molar-refractivity contribution in [3.8, 4) is 5.75 Å². The van der Waals surface area contributed by atoms with Crippen molar-refractivity contribution in [1.82, 2.24) is 0 Å². The molecule has 2 N–H and O–H groups in total. The minimum absolute atomic E-state index is 0.245. The first kappa shape index (κ1) is 13.1. The number of halogens is 1. The molecule has 4 heteroatoms. The predicted molar refractivity (Wildman–Crippen MR) is 72.4 cm³/mol. The molecule has 0 unspecified atom stereocenters. The first-order valence-electron chi connectivity index (χ1n) is 5.78. The van der Waals surface area contributed by atoms with Gasteiger partial charge in [0.2, 0.25) is 0 Å². The average molecular weight is 265 g/mol. The Balaban J connectivity index is 2.23. The maximum absolute atomic E-state index is 13.5. The molecule has 1 aromatic carbocycles.